The highest BCUT2D eigenvalue weighted by molar-refractivity contribution is 5.80. The average molecular weight is 411 g/mol. The monoisotopic (exact) mass is 411 g/mol. The Kier molecular flexibility index (Phi) is 4.92. The van der Waals surface area contributed by atoms with E-state index in [4.69, 9.17) is 9.26 Å². The van der Waals surface area contributed by atoms with Crippen molar-refractivity contribution in [3.63, 3.8) is 0 Å². The first-order valence-electron chi connectivity index (χ1n) is 10.1. The van der Waals surface area contributed by atoms with Crippen LogP contribution in [-0.4, -0.2) is 25.1 Å². The molecule has 0 radical (unpaired) electrons. The van der Waals surface area contributed by atoms with Crippen molar-refractivity contribution in [2.45, 2.75) is 26.5 Å². The maximum Gasteiger partial charge on any atom is 0.258 e. The van der Waals surface area contributed by atoms with Crippen molar-refractivity contribution < 1.29 is 9.26 Å². The molecule has 5 aromatic rings. The van der Waals surface area contributed by atoms with Gasteiger partial charge in [-0.2, -0.15) is 4.98 Å². The van der Waals surface area contributed by atoms with E-state index in [1.807, 2.05) is 77.5 Å². The van der Waals surface area contributed by atoms with Crippen molar-refractivity contribution in [2.75, 3.05) is 0 Å². The largest absolute Gasteiger partial charge is 0.489 e. The van der Waals surface area contributed by atoms with E-state index in [1.54, 1.807) is 0 Å². The lowest BCUT2D eigenvalue weighted by Crippen LogP contribution is -2.02. The van der Waals surface area contributed by atoms with E-state index in [-0.39, 0.29) is 6.04 Å². The second-order valence-corrected chi connectivity index (χ2v) is 7.56. The zero-order valence-corrected chi connectivity index (χ0v) is 17.3. The van der Waals surface area contributed by atoms with Gasteiger partial charge < -0.3 is 9.26 Å². The van der Waals surface area contributed by atoms with Gasteiger partial charge >= 0.3 is 0 Å². The molecule has 0 spiro atoms. The maximum atomic E-state index is 5.84. The molecule has 31 heavy (non-hydrogen) atoms. The Hall–Kier alpha value is -4.00. The first-order valence-corrected chi connectivity index (χ1v) is 10.1. The van der Waals surface area contributed by atoms with Crippen molar-refractivity contribution in [1.29, 1.82) is 0 Å². The first kappa shape index (κ1) is 19.0. The Labute approximate surface area is 179 Å². The van der Waals surface area contributed by atoms with Crippen LogP contribution in [-0.2, 0) is 6.61 Å². The molecule has 0 saturated carbocycles. The van der Waals surface area contributed by atoms with E-state index in [9.17, 15) is 0 Å². The molecular formula is C24H21N5O2. The molecule has 0 aliphatic rings. The summed E-state index contributed by atoms with van der Waals surface area (Å²) in [7, 11) is 0. The van der Waals surface area contributed by atoms with E-state index in [0.717, 1.165) is 33.5 Å². The minimum atomic E-state index is 0.241. The van der Waals surface area contributed by atoms with Gasteiger partial charge in [-0.05, 0) is 61.9 Å². The molecule has 7 heteroatoms. The van der Waals surface area contributed by atoms with Crippen LogP contribution in [0.25, 0.3) is 33.9 Å². The van der Waals surface area contributed by atoms with Crippen molar-refractivity contribution in [2.24, 2.45) is 0 Å². The summed E-state index contributed by atoms with van der Waals surface area (Å²) in [5.74, 6) is 1.81. The van der Waals surface area contributed by atoms with Gasteiger partial charge in [-0.1, -0.05) is 40.7 Å². The van der Waals surface area contributed by atoms with Gasteiger partial charge in [0.2, 0.25) is 5.82 Å². The number of hydrogen-bond acceptors (Lipinski definition) is 6. The van der Waals surface area contributed by atoms with Crippen LogP contribution in [0.2, 0.25) is 0 Å². The molecule has 0 bridgehead atoms. The Balaban J connectivity index is 1.37. The number of aromatic nitrogens is 5. The van der Waals surface area contributed by atoms with Crippen molar-refractivity contribution >= 4 is 11.0 Å². The third-order valence-corrected chi connectivity index (χ3v) is 4.97. The summed E-state index contributed by atoms with van der Waals surface area (Å²) in [6, 6.07) is 23.8. The van der Waals surface area contributed by atoms with Crippen LogP contribution in [0, 0.1) is 0 Å². The smallest absolute Gasteiger partial charge is 0.258 e. The molecular weight excluding hydrogens is 390 g/mol. The number of ether oxygens (including phenoxy) is 1. The highest BCUT2D eigenvalue weighted by atomic mass is 16.5. The quantitative estimate of drug-likeness (QED) is 0.377. The lowest BCUT2D eigenvalue weighted by atomic mass is 10.1. The van der Waals surface area contributed by atoms with E-state index in [2.05, 4.69) is 34.3 Å². The van der Waals surface area contributed by atoms with Crippen LogP contribution in [0.1, 0.15) is 25.5 Å². The van der Waals surface area contributed by atoms with E-state index in [0.29, 0.717) is 18.3 Å². The van der Waals surface area contributed by atoms with E-state index < -0.39 is 0 Å². The standard InChI is InChI=1S/C24H21N5O2/c1-16(2)29-22-12-11-18(14-21(22)26-28-29)23-25-24(31-27-23)19-8-6-7-17(13-19)15-30-20-9-4-3-5-10-20/h3-14,16H,15H2,1-2H3. The van der Waals surface area contributed by atoms with Crippen molar-refractivity contribution in [1.82, 2.24) is 25.1 Å². The summed E-state index contributed by atoms with van der Waals surface area (Å²) >= 11 is 0. The van der Waals surface area contributed by atoms with Gasteiger partial charge in [0.1, 0.15) is 17.9 Å². The summed E-state index contributed by atoms with van der Waals surface area (Å²) in [5.41, 5.74) is 4.49. The molecule has 0 amide bonds. The fourth-order valence-electron chi connectivity index (χ4n) is 3.40. The Morgan fingerprint density at radius 2 is 1.81 bits per heavy atom. The second-order valence-electron chi connectivity index (χ2n) is 7.56. The summed E-state index contributed by atoms with van der Waals surface area (Å²) in [4.78, 5) is 4.59. The number of nitrogens with zero attached hydrogens (tertiary/aromatic N) is 5. The van der Waals surface area contributed by atoms with Gasteiger partial charge in [0.25, 0.3) is 5.89 Å². The number of para-hydroxylation sites is 1. The lowest BCUT2D eigenvalue weighted by Gasteiger charge is -2.06. The van der Waals surface area contributed by atoms with E-state index >= 15 is 0 Å². The minimum absolute atomic E-state index is 0.241. The van der Waals surface area contributed by atoms with Gasteiger partial charge in [0.05, 0.1) is 5.52 Å². The van der Waals surface area contributed by atoms with Crippen molar-refractivity contribution in [3.05, 3.63) is 78.4 Å². The molecule has 2 aromatic heterocycles. The van der Waals surface area contributed by atoms with E-state index in [1.165, 1.54) is 0 Å². The van der Waals surface area contributed by atoms with Crippen molar-refractivity contribution in [3.8, 4) is 28.6 Å². The third-order valence-electron chi connectivity index (χ3n) is 4.97. The summed E-state index contributed by atoms with van der Waals surface area (Å²) in [5, 5.41) is 12.6. The predicted molar refractivity (Wildman–Crippen MR) is 117 cm³/mol. The number of fused-ring (bicyclic) bond motifs is 1. The third kappa shape index (κ3) is 3.90. The Morgan fingerprint density at radius 1 is 0.935 bits per heavy atom. The van der Waals surface area contributed by atoms with Gasteiger partial charge in [0, 0.05) is 17.2 Å². The average Bonchev–Trinajstić information content (AvgIpc) is 3.46. The number of rotatable bonds is 6. The predicted octanol–water partition coefficient (Wildman–Crippen LogP) is 5.31. The van der Waals surface area contributed by atoms with Gasteiger partial charge in [-0.15, -0.1) is 5.10 Å². The summed E-state index contributed by atoms with van der Waals surface area (Å²) in [6.45, 7) is 4.61. The molecule has 5 rings (SSSR count). The minimum Gasteiger partial charge on any atom is -0.489 e. The summed E-state index contributed by atoms with van der Waals surface area (Å²) < 4.78 is 13.3. The van der Waals surface area contributed by atoms with Crippen LogP contribution < -0.4 is 4.74 Å². The molecule has 7 nitrogen and oxygen atoms in total. The summed E-state index contributed by atoms with van der Waals surface area (Å²) in [6.07, 6.45) is 0. The highest BCUT2D eigenvalue weighted by Crippen LogP contribution is 2.26. The molecule has 0 aliphatic carbocycles. The van der Waals surface area contributed by atoms with Crippen LogP contribution in [0.3, 0.4) is 0 Å². The molecule has 0 atom stereocenters. The zero-order valence-electron chi connectivity index (χ0n) is 17.3. The number of hydrogen-bond donors (Lipinski definition) is 0. The molecule has 0 unspecified atom stereocenters. The lowest BCUT2D eigenvalue weighted by molar-refractivity contribution is 0.306. The number of benzene rings is 3. The van der Waals surface area contributed by atoms with Crippen LogP contribution in [0.15, 0.2) is 77.3 Å². The molecule has 0 saturated heterocycles. The van der Waals surface area contributed by atoms with Gasteiger partial charge in [-0.25, -0.2) is 4.68 Å². The Bertz CT molecular complexity index is 1320. The molecule has 3 aromatic carbocycles. The second kappa shape index (κ2) is 8.02. The first-order chi connectivity index (χ1) is 15.2. The fraction of sp³-hybridized carbons (Fsp3) is 0.167. The maximum absolute atomic E-state index is 5.84. The zero-order chi connectivity index (χ0) is 21.2. The van der Waals surface area contributed by atoms with Gasteiger partial charge in [0.15, 0.2) is 0 Å². The highest BCUT2D eigenvalue weighted by Gasteiger charge is 2.14. The van der Waals surface area contributed by atoms with Gasteiger partial charge in [-0.3, -0.25) is 0 Å². The SMILES string of the molecule is CC(C)n1nnc2cc(-c3noc(-c4cccc(COc5ccccc5)c4)n3)ccc21. The molecule has 154 valence electrons. The van der Waals surface area contributed by atoms with Crippen LogP contribution in [0.5, 0.6) is 5.75 Å². The topological polar surface area (TPSA) is 78.9 Å². The molecule has 2 heterocycles. The normalized spacial score (nSPS) is 11.3. The van der Waals surface area contributed by atoms with Crippen LogP contribution in [0.4, 0.5) is 0 Å². The Morgan fingerprint density at radius 3 is 2.65 bits per heavy atom. The molecule has 0 aliphatic heterocycles. The fourth-order valence-corrected chi connectivity index (χ4v) is 3.40. The van der Waals surface area contributed by atoms with Crippen LogP contribution >= 0.6 is 0 Å². The molecule has 0 fully saturated rings. The molecule has 0 N–H and O–H groups in total.